The van der Waals surface area contributed by atoms with Crippen LogP contribution in [0.4, 0.5) is 5.69 Å². The van der Waals surface area contributed by atoms with Gasteiger partial charge in [0, 0.05) is 26.1 Å². The number of nitrogens with zero attached hydrogens (tertiary/aromatic N) is 2. The van der Waals surface area contributed by atoms with Crippen molar-refractivity contribution >= 4 is 21.6 Å². The molecular formula is C27H40N4O4S. The van der Waals surface area contributed by atoms with Crippen LogP contribution < -0.4 is 10.0 Å². The molecule has 2 aliphatic carbocycles. The molecular weight excluding hydrogens is 476 g/mol. The molecule has 2 aromatic rings. The third-order valence-electron chi connectivity index (χ3n) is 7.81. The van der Waals surface area contributed by atoms with E-state index in [9.17, 15) is 13.2 Å². The first-order valence-corrected chi connectivity index (χ1v) is 14.4. The average molecular weight is 517 g/mol. The third-order valence-corrected chi connectivity index (χ3v) is 9.17. The number of aryl methyl sites for hydroxylation is 1. The number of carbonyl (C=O) groups excluding carboxylic acids is 1. The second-order valence-corrected chi connectivity index (χ2v) is 13.1. The van der Waals surface area contributed by atoms with Crippen molar-refractivity contribution in [3.63, 3.8) is 0 Å². The summed E-state index contributed by atoms with van der Waals surface area (Å²) >= 11 is 0. The zero-order valence-electron chi connectivity index (χ0n) is 22.3. The van der Waals surface area contributed by atoms with Crippen molar-refractivity contribution in [1.82, 2.24) is 15.1 Å². The van der Waals surface area contributed by atoms with Crippen molar-refractivity contribution in [1.29, 1.82) is 0 Å². The number of nitrogens with one attached hydrogen (secondary N) is 2. The smallest absolute Gasteiger partial charge is 0.271 e. The maximum Gasteiger partial charge on any atom is 0.271 e. The molecule has 8 nitrogen and oxygen atoms in total. The average Bonchev–Trinajstić information content (AvgIpc) is 3.62. The molecule has 4 rings (SSSR count). The monoisotopic (exact) mass is 516 g/mol. The third kappa shape index (κ3) is 5.78. The summed E-state index contributed by atoms with van der Waals surface area (Å²) in [5.41, 5.74) is 2.15. The fraction of sp³-hybridized carbons (Fsp3) is 0.630. The van der Waals surface area contributed by atoms with E-state index in [2.05, 4.69) is 35.9 Å². The Balaban J connectivity index is 1.69. The SMILES string of the molecule is COC1CCC(c2nn(C)c(C(=O)N[C@@H](C)C(C)(C)C)c2NS(=O)(=O)c2ccc(C3CC3)cc2)CC1. The Bertz CT molecular complexity index is 1190. The molecule has 1 aromatic carbocycles. The quantitative estimate of drug-likeness (QED) is 0.518. The minimum absolute atomic E-state index is 0.0409. The predicted molar refractivity (Wildman–Crippen MR) is 141 cm³/mol. The highest BCUT2D eigenvalue weighted by Gasteiger charge is 2.34. The van der Waals surface area contributed by atoms with E-state index in [4.69, 9.17) is 4.74 Å². The summed E-state index contributed by atoms with van der Waals surface area (Å²) in [6.45, 7) is 8.10. The largest absolute Gasteiger partial charge is 0.381 e. The Labute approximate surface area is 215 Å². The van der Waals surface area contributed by atoms with Crippen LogP contribution in [0.15, 0.2) is 29.2 Å². The number of hydrogen-bond acceptors (Lipinski definition) is 5. The van der Waals surface area contributed by atoms with Crippen LogP contribution in [-0.4, -0.2) is 43.4 Å². The van der Waals surface area contributed by atoms with E-state index in [0.717, 1.165) is 38.5 Å². The van der Waals surface area contributed by atoms with Crippen LogP contribution in [0.5, 0.6) is 0 Å². The number of hydrogen-bond donors (Lipinski definition) is 2. The molecule has 0 bridgehead atoms. The van der Waals surface area contributed by atoms with Crippen LogP contribution in [0.3, 0.4) is 0 Å². The van der Waals surface area contributed by atoms with E-state index >= 15 is 0 Å². The van der Waals surface area contributed by atoms with Crippen molar-refractivity contribution in [2.75, 3.05) is 11.8 Å². The standard InChI is InChI=1S/C27H40N4O4S/c1-17(27(2,3)4)28-26(32)25-24(23(29-31(25)5)20-9-13-21(35-6)14-10-20)30-36(33,34)22-15-11-19(12-16-22)18-7-8-18/h11-12,15-18,20-21,30H,7-10,13-14H2,1-6H3,(H,28,32)/t17-,20?,21?/m0/s1. The lowest BCUT2D eigenvalue weighted by molar-refractivity contribution is 0.0655. The van der Waals surface area contributed by atoms with Gasteiger partial charge in [-0.1, -0.05) is 32.9 Å². The maximum absolute atomic E-state index is 13.5. The maximum atomic E-state index is 13.5. The van der Waals surface area contributed by atoms with Crippen molar-refractivity contribution in [3.8, 4) is 0 Å². The van der Waals surface area contributed by atoms with Crippen molar-refractivity contribution in [2.24, 2.45) is 12.5 Å². The first kappa shape index (κ1) is 26.7. The van der Waals surface area contributed by atoms with E-state index < -0.39 is 10.0 Å². The van der Waals surface area contributed by atoms with Gasteiger partial charge in [-0.25, -0.2) is 8.42 Å². The van der Waals surface area contributed by atoms with Gasteiger partial charge in [-0.2, -0.15) is 5.10 Å². The summed E-state index contributed by atoms with van der Waals surface area (Å²) < 4.78 is 36.8. The number of anilines is 1. The Morgan fingerprint density at radius 3 is 2.17 bits per heavy atom. The van der Waals surface area contributed by atoms with Gasteiger partial charge in [-0.05, 0) is 74.5 Å². The fourth-order valence-electron chi connectivity index (χ4n) is 4.77. The lowest BCUT2D eigenvalue weighted by Gasteiger charge is -2.28. The molecule has 2 aliphatic rings. The van der Waals surface area contributed by atoms with Crippen molar-refractivity contribution in [2.45, 2.75) is 95.1 Å². The number of ether oxygens (including phenoxy) is 1. The van der Waals surface area contributed by atoms with E-state index in [-0.39, 0.29) is 45.7 Å². The van der Waals surface area contributed by atoms with Gasteiger partial charge in [-0.3, -0.25) is 14.2 Å². The van der Waals surface area contributed by atoms with Gasteiger partial charge < -0.3 is 10.1 Å². The molecule has 198 valence electrons. The molecule has 2 saturated carbocycles. The van der Waals surface area contributed by atoms with E-state index in [1.165, 1.54) is 10.2 Å². The van der Waals surface area contributed by atoms with Crippen LogP contribution in [0.25, 0.3) is 0 Å². The molecule has 0 aliphatic heterocycles. The molecule has 2 N–H and O–H groups in total. The molecule has 9 heteroatoms. The van der Waals surface area contributed by atoms with Crippen molar-refractivity contribution in [3.05, 3.63) is 41.2 Å². The number of amides is 1. The minimum Gasteiger partial charge on any atom is -0.381 e. The number of sulfonamides is 1. The van der Waals surface area contributed by atoms with E-state index in [0.29, 0.717) is 11.6 Å². The van der Waals surface area contributed by atoms with Crippen LogP contribution in [0.2, 0.25) is 0 Å². The molecule has 1 heterocycles. The van der Waals surface area contributed by atoms with Crippen LogP contribution in [0.1, 0.15) is 99.8 Å². The summed E-state index contributed by atoms with van der Waals surface area (Å²) in [7, 11) is -0.501. The van der Waals surface area contributed by atoms with Crippen LogP contribution in [0, 0.1) is 5.41 Å². The molecule has 1 atom stereocenters. The molecule has 0 radical (unpaired) electrons. The first-order chi connectivity index (χ1) is 16.9. The molecule has 2 fully saturated rings. The van der Waals surface area contributed by atoms with Gasteiger partial charge in [0.05, 0.1) is 16.7 Å². The summed E-state index contributed by atoms with van der Waals surface area (Å²) in [6.07, 6.45) is 5.88. The molecule has 36 heavy (non-hydrogen) atoms. The highest BCUT2D eigenvalue weighted by molar-refractivity contribution is 7.92. The second kappa shape index (κ2) is 10.2. The normalized spacial score (nSPS) is 21.7. The van der Waals surface area contributed by atoms with Gasteiger partial charge in [0.1, 0.15) is 11.4 Å². The minimum atomic E-state index is -3.92. The molecule has 1 aromatic heterocycles. The van der Waals surface area contributed by atoms with E-state index in [1.807, 2.05) is 19.1 Å². The molecule has 0 unspecified atom stereocenters. The molecule has 1 amide bonds. The van der Waals surface area contributed by atoms with Gasteiger partial charge in [0.25, 0.3) is 15.9 Å². The predicted octanol–water partition coefficient (Wildman–Crippen LogP) is 4.94. The number of aromatic nitrogens is 2. The van der Waals surface area contributed by atoms with Crippen LogP contribution in [-0.2, 0) is 21.8 Å². The number of methoxy groups -OCH3 is 1. The van der Waals surface area contributed by atoms with E-state index in [1.54, 1.807) is 26.3 Å². The summed E-state index contributed by atoms with van der Waals surface area (Å²) in [6, 6.07) is 6.95. The summed E-state index contributed by atoms with van der Waals surface area (Å²) in [5.74, 6) is 0.243. The van der Waals surface area contributed by atoms with Gasteiger partial charge in [0.2, 0.25) is 0 Å². The Hall–Kier alpha value is -2.39. The Morgan fingerprint density at radius 2 is 1.64 bits per heavy atom. The first-order valence-electron chi connectivity index (χ1n) is 12.9. The number of rotatable bonds is 8. The molecule has 0 spiro atoms. The lowest BCUT2D eigenvalue weighted by atomic mass is 9.84. The van der Waals surface area contributed by atoms with Gasteiger partial charge >= 0.3 is 0 Å². The Kier molecular flexibility index (Phi) is 7.53. The Morgan fingerprint density at radius 1 is 1.06 bits per heavy atom. The van der Waals surface area contributed by atoms with Gasteiger partial charge in [-0.15, -0.1) is 0 Å². The van der Waals surface area contributed by atoms with Crippen molar-refractivity contribution < 1.29 is 17.9 Å². The van der Waals surface area contributed by atoms with Crippen LogP contribution >= 0.6 is 0 Å². The summed E-state index contributed by atoms with van der Waals surface area (Å²) in [5, 5.41) is 7.73. The fourth-order valence-corrected chi connectivity index (χ4v) is 5.86. The highest BCUT2D eigenvalue weighted by atomic mass is 32.2. The zero-order chi connectivity index (χ0) is 26.3. The molecule has 0 saturated heterocycles. The summed E-state index contributed by atoms with van der Waals surface area (Å²) in [4.78, 5) is 13.6. The zero-order valence-corrected chi connectivity index (χ0v) is 23.1. The topological polar surface area (TPSA) is 102 Å². The highest BCUT2D eigenvalue weighted by Crippen LogP contribution is 2.41. The number of benzene rings is 1. The lowest BCUT2D eigenvalue weighted by Crippen LogP contribution is -2.42. The second-order valence-electron chi connectivity index (χ2n) is 11.5. The number of carbonyl (C=O) groups is 1. The van der Waals surface area contributed by atoms with Gasteiger partial charge in [0.15, 0.2) is 0 Å².